The van der Waals surface area contributed by atoms with E-state index in [2.05, 4.69) is 68.8 Å². The van der Waals surface area contributed by atoms with Crippen LogP contribution in [0.1, 0.15) is 121 Å². The van der Waals surface area contributed by atoms with Crippen molar-refractivity contribution in [1.29, 1.82) is 0 Å². The predicted octanol–water partition coefficient (Wildman–Crippen LogP) is -3.60. The number of nitrogens with two attached hydrogens (primary N) is 2. The fourth-order valence-corrected chi connectivity index (χ4v) is 11.9. The Hall–Kier alpha value is -11.9. The van der Waals surface area contributed by atoms with Gasteiger partial charge in [0.15, 0.2) is 0 Å². The zero-order valence-corrected chi connectivity index (χ0v) is 68.5. The van der Waals surface area contributed by atoms with Crippen LogP contribution in [0.15, 0.2) is 85.1 Å². The molecule has 117 heavy (non-hydrogen) atoms. The number of H-pyrrole nitrogens is 1. The molecule has 24 N–H and O–H groups in total. The number of aromatic nitrogens is 1. The van der Waals surface area contributed by atoms with Gasteiger partial charge in [0.1, 0.15) is 72.2 Å². The summed E-state index contributed by atoms with van der Waals surface area (Å²) in [5.74, 6) is -24.2. The number of carboxylic acid groups (broad SMARTS) is 6. The molecule has 0 spiro atoms. The van der Waals surface area contributed by atoms with Crippen molar-refractivity contribution >= 4 is 161 Å². The molecule has 0 bridgehead atoms. The minimum atomic E-state index is -2.04. The van der Waals surface area contributed by atoms with Gasteiger partial charge in [-0.05, 0) is 105 Å². The standard InChI is InChI=1S/C74H99N15O26S.In/c1-37(2)30-44(75)65(106)81-47(19-24-58(94)95)68(109)83-49(21-26-60(98)99)70(111)85-50(22-27-61(100)101)71(112)84-48(20-25-59(96)97)69(110)82-46(18-23-57(92)93)67(108)79-38(3)64(105)88-53(32-40-14-16-42(90)17-15-40)66(107)78-36-56(91)80-54(33-41-35-77-45-13-9-8-12-43(41)45)73(114)86-51(28-29-116-4)72(113)89-55(34-62(102)103)74(115)87-52(63(76)104)31-39-10-6-5-7-11-39;/h5-17,35,37-38,44,46-55,77,90H,18-34,36,75H2,1-4H3,(H2,76,104)(H,78,107)(H,79,108)(H,80,91)(H,81,106)(H,82,110)(H,83,109)(H,84,112)(H,85,111)(H,86,114)(H,87,115)(H,88,105)(H,89,113)(H,92,93)(H,94,95)(H,96,97)(H,98,99)(H,100,101)(H,102,103);/q;+3/t38-,44-,46-,47-,48-,49-,50-,51-,52-,53-,54-,55-;/m0./s1/i;1-4. The molecule has 632 valence electrons. The minimum absolute atomic E-state index is 0. The van der Waals surface area contributed by atoms with Gasteiger partial charge in [0.25, 0.3) is 0 Å². The first-order valence-corrected chi connectivity index (χ1v) is 38.0. The number of amides is 13. The van der Waals surface area contributed by atoms with Crippen molar-refractivity contribution in [2.24, 2.45) is 17.4 Å². The second-order valence-electron chi connectivity index (χ2n) is 27.4. The van der Waals surface area contributed by atoms with E-state index >= 15 is 0 Å². The SMILES string of the molecule is CSCC[C@H](NC(=O)[C@H](Cc1c[nH]c2ccccc12)NC(=O)CNC(=O)[C@H](Cc1ccc(O)cc1)NC(=O)[C@H](C)NC(=O)[C@H](CCC(=O)O)NC(=O)[C@H](CCC(=O)O)NC(=O)[C@H](CCC(=O)O)NC(=O)[C@H](CCC(=O)O)NC(=O)[C@H](CCC(=O)O)NC(=O)[C@@H](N)CC(C)C)C(=O)N[C@@H](CC(=O)O)C(=O)N[C@@H](Cc1ccccc1)C(N)=O.[111In+3]. The molecule has 0 saturated carbocycles. The maximum atomic E-state index is 14.6. The smallest absolute Gasteiger partial charge is 0.508 e. The Balaban J connectivity index is 0.0000354. The molecule has 4 rings (SSSR count). The van der Waals surface area contributed by atoms with Crippen molar-refractivity contribution in [2.75, 3.05) is 18.6 Å². The summed E-state index contributed by atoms with van der Waals surface area (Å²) in [6.07, 6.45) is -6.48. The van der Waals surface area contributed by atoms with Crippen LogP contribution >= 0.6 is 11.8 Å². The predicted molar refractivity (Wildman–Crippen MR) is 416 cm³/mol. The third kappa shape index (κ3) is 36.6. The van der Waals surface area contributed by atoms with Crippen LogP contribution in [-0.2, 0) is 110 Å². The number of rotatable bonds is 53. The van der Waals surface area contributed by atoms with Crippen LogP contribution in [0.25, 0.3) is 10.9 Å². The third-order valence-corrected chi connectivity index (χ3v) is 18.2. The minimum Gasteiger partial charge on any atom is -0.508 e. The van der Waals surface area contributed by atoms with Crippen molar-refractivity contribution in [3.63, 3.8) is 0 Å². The Morgan fingerprint density at radius 2 is 0.769 bits per heavy atom. The van der Waals surface area contributed by atoms with Crippen LogP contribution in [0.2, 0.25) is 0 Å². The van der Waals surface area contributed by atoms with E-state index in [9.17, 15) is 127 Å². The molecule has 0 aliphatic heterocycles. The molecule has 0 fully saturated rings. The van der Waals surface area contributed by atoms with Crippen molar-refractivity contribution in [3.8, 4) is 5.75 Å². The van der Waals surface area contributed by atoms with Crippen molar-refractivity contribution < 1.29 is 127 Å². The number of hydrogen-bond donors (Lipinski definition) is 22. The van der Waals surface area contributed by atoms with Crippen LogP contribution in [0.3, 0.4) is 0 Å². The number of aromatic hydroxyl groups is 1. The monoisotopic (exact) mass is 1760 g/mol. The van der Waals surface area contributed by atoms with Crippen LogP contribution < -0.4 is 75.3 Å². The summed E-state index contributed by atoms with van der Waals surface area (Å²) in [6.45, 7) is 3.63. The van der Waals surface area contributed by atoms with Gasteiger partial charge in [-0.1, -0.05) is 74.5 Å². The average Bonchev–Trinajstić information content (AvgIpc) is 1.70. The quantitative estimate of drug-likeness (QED) is 0.0203. The number of aromatic amines is 1. The summed E-state index contributed by atoms with van der Waals surface area (Å²) in [4.78, 5) is 255. The molecule has 0 radical (unpaired) electrons. The maximum absolute atomic E-state index is 14.6. The van der Waals surface area contributed by atoms with Gasteiger partial charge in [-0.3, -0.25) is 91.1 Å². The van der Waals surface area contributed by atoms with Crippen molar-refractivity contribution in [3.05, 3.63) is 102 Å². The second kappa shape index (κ2) is 50.5. The Kier molecular flexibility index (Phi) is 42.8. The first-order chi connectivity index (χ1) is 54.7. The van der Waals surface area contributed by atoms with Crippen LogP contribution in [-0.4, -0.2) is 270 Å². The molecule has 0 saturated heterocycles. The Labute approximate surface area is 692 Å². The number of phenols is 1. The number of hydrogen-bond acceptors (Lipinski definition) is 22. The molecule has 1 heterocycles. The van der Waals surface area contributed by atoms with Crippen LogP contribution in [0.4, 0.5) is 0 Å². The number of primary amides is 1. The molecule has 13 amide bonds. The first-order valence-electron chi connectivity index (χ1n) is 36.6. The van der Waals surface area contributed by atoms with Gasteiger partial charge in [-0.25, -0.2) is 0 Å². The van der Waals surface area contributed by atoms with E-state index in [1.165, 1.54) is 36.0 Å². The first kappa shape index (κ1) is 99.3. The van der Waals surface area contributed by atoms with Gasteiger partial charge in [-0.2, -0.15) is 11.8 Å². The maximum Gasteiger partial charge on any atom is 3.00 e. The molecular formula is C74H99InN15O26S+3. The Morgan fingerprint density at radius 3 is 1.21 bits per heavy atom. The number of carbonyl (C=O) groups excluding carboxylic acids is 13. The van der Waals surface area contributed by atoms with E-state index in [4.69, 9.17) is 11.5 Å². The number of benzene rings is 3. The summed E-state index contributed by atoms with van der Waals surface area (Å²) in [5.41, 5.74) is 13.5. The van der Waals surface area contributed by atoms with E-state index in [1.807, 2.05) is 0 Å². The van der Waals surface area contributed by atoms with Crippen LogP contribution in [0, 0.1) is 5.92 Å². The second-order valence-corrected chi connectivity index (χ2v) is 28.4. The van der Waals surface area contributed by atoms with E-state index in [-0.39, 0.29) is 68.9 Å². The summed E-state index contributed by atoms with van der Waals surface area (Å²) < 4.78 is 0. The topological polar surface area (TPSA) is 678 Å². The fraction of sp³-hybridized carbons (Fsp3) is 0.473. The molecule has 43 heteroatoms. The third-order valence-electron chi connectivity index (χ3n) is 17.6. The molecule has 0 aliphatic rings. The van der Waals surface area contributed by atoms with Gasteiger partial charge < -0.3 is 116 Å². The summed E-state index contributed by atoms with van der Waals surface area (Å²) >= 11 is 1.25. The summed E-state index contributed by atoms with van der Waals surface area (Å²) in [5, 5.41) is 96.5. The molecule has 3 aromatic carbocycles. The summed E-state index contributed by atoms with van der Waals surface area (Å²) in [6, 6.07) is 0.00107. The van der Waals surface area contributed by atoms with Gasteiger partial charge in [0.2, 0.25) is 76.8 Å². The molecule has 41 nitrogen and oxygen atoms in total. The normalized spacial score (nSPS) is 14.0. The van der Waals surface area contributed by atoms with Crippen LogP contribution in [0.5, 0.6) is 5.75 Å². The molecular weight excluding hydrogens is 1660 g/mol. The largest absolute Gasteiger partial charge is 3.00 e. The number of thioether (sulfide) groups is 1. The fourth-order valence-electron chi connectivity index (χ4n) is 11.5. The van der Waals surface area contributed by atoms with Gasteiger partial charge in [0, 0.05) is 68.5 Å². The Morgan fingerprint density at radius 1 is 0.402 bits per heavy atom. The summed E-state index contributed by atoms with van der Waals surface area (Å²) in [7, 11) is 0. The van der Waals surface area contributed by atoms with E-state index < -0.39 is 269 Å². The molecule has 0 unspecified atom stereocenters. The van der Waals surface area contributed by atoms with Crippen molar-refractivity contribution in [2.45, 2.75) is 196 Å². The number of nitrogens with one attached hydrogen (secondary N) is 13. The molecule has 4 aromatic rings. The molecule has 12 atom stereocenters. The van der Waals surface area contributed by atoms with E-state index in [1.54, 1.807) is 80.9 Å². The number of carbonyl (C=O) groups is 19. The Bertz CT molecular complexity index is 4170. The molecule has 1 aromatic heterocycles. The van der Waals surface area contributed by atoms with E-state index in [0.29, 0.717) is 27.6 Å². The zero-order chi connectivity index (χ0) is 86.5. The number of phenolic OH excluding ortho intramolecular Hbond substituents is 1. The number of carboxylic acids is 6. The zero-order valence-electron chi connectivity index (χ0n) is 64.3. The van der Waals surface area contributed by atoms with E-state index in [0.717, 1.165) is 6.92 Å². The van der Waals surface area contributed by atoms with Crippen molar-refractivity contribution in [1.82, 2.24) is 68.8 Å². The van der Waals surface area contributed by atoms with Gasteiger partial charge >= 0.3 is 61.7 Å². The average molecular weight is 1760 g/mol. The van der Waals surface area contributed by atoms with Gasteiger partial charge in [-0.15, -0.1) is 0 Å². The number of fused-ring (bicyclic) bond motifs is 1. The molecule has 0 aliphatic carbocycles. The van der Waals surface area contributed by atoms with Gasteiger partial charge in [0.05, 0.1) is 19.0 Å². The number of aliphatic carboxylic acids is 6. The number of para-hydroxylation sites is 1.